The van der Waals surface area contributed by atoms with Crippen LogP contribution in [-0.2, 0) is 9.59 Å². The fraction of sp³-hybridized carbons (Fsp3) is 0.469. The number of hydrogen-bond acceptors (Lipinski definition) is 7. The van der Waals surface area contributed by atoms with E-state index in [1.54, 1.807) is 22.4 Å². The van der Waals surface area contributed by atoms with E-state index < -0.39 is 17.7 Å². The first kappa shape index (κ1) is 30.1. The van der Waals surface area contributed by atoms with E-state index in [2.05, 4.69) is 37.6 Å². The van der Waals surface area contributed by atoms with Crippen molar-refractivity contribution in [1.82, 2.24) is 19.2 Å². The Hall–Kier alpha value is -3.85. The first-order valence-electron chi connectivity index (χ1n) is 14.6. The average Bonchev–Trinajstić information content (AvgIpc) is 3.42. The van der Waals surface area contributed by atoms with Crippen molar-refractivity contribution in [2.75, 3.05) is 39.4 Å². The summed E-state index contributed by atoms with van der Waals surface area (Å²) in [4.78, 5) is 35.5. The van der Waals surface area contributed by atoms with Crippen LogP contribution in [0.5, 0.6) is 11.5 Å². The number of pyridine rings is 1. The molecule has 9 nitrogen and oxygen atoms in total. The molecule has 1 fully saturated rings. The molecule has 1 atom stereocenters. The van der Waals surface area contributed by atoms with Gasteiger partial charge in [0, 0.05) is 19.3 Å². The van der Waals surface area contributed by atoms with Gasteiger partial charge in [-0.1, -0.05) is 39.8 Å². The van der Waals surface area contributed by atoms with Crippen molar-refractivity contribution in [2.24, 2.45) is 5.92 Å². The maximum atomic E-state index is 13.6. The van der Waals surface area contributed by atoms with Crippen LogP contribution in [0.15, 0.2) is 48.2 Å². The highest BCUT2D eigenvalue weighted by atomic mass is 16.5. The number of benzene rings is 1. The lowest BCUT2D eigenvalue weighted by Gasteiger charge is -2.28. The van der Waals surface area contributed by atoms with Crippen molar-refractivity contribution in [1.29, 1.82) is 0 Å². The van der Waals surface area contributed by atoms with E-state index in [1.165, 1.54) is 0 Å². The van der Waals surface area contributed by atoms with E-state index in [9.17, 15) is 14.7 Å². The first-order chi connectivity index (χ1) is 19.7. The van der Waals surface area contributed by atoms with Crippen molar-refractivity contribution >= 4 is 23.1 Å². The van der Waals surface area contributed by atoms with Gasteiger partial charge < -0.3 is 24.4 Å². The third kappa shape index (κ3) is 6.25. The SMILES string of the molecule is CCOc1cc(C2/C(=C(\O)c3c(C)nc4ccccn34)C(=O)C(=O)N2CCN(CC)CC)ccc1OCCC(C)C. The lowest BCUT2D eigenvalue weighted by Crippen LogP contribution is -2.38. The van der Waals surface area contributed by atoms with E-state index in [1.807, 2.05) is 43.3 Å². The number of carbonyl (C=O) groups excluding carboxylic acids is 2. The number of aryl methyl sites for hydroxylation is 1. The average molecular weight is 563 g/mol. The smallest absolute Gasteiger partial charge is 0.295 e. The number of amides is 1. The van der Waals surface area contributed by atoms with Crippen molar-refractivity contribution in [3.63, 3.8) is 0 Å². The van der Waals surface area contributed by atoms with E-state index in [-0.39, 0.29) is 11.3 Å². The van der Waals surface area contributed by atoms with Crippen LogP contribution >= 0.6 is 0 Å². The molecule has 220 valence electrons. The summed E-state index contributed by atoms with van der Waals surface area (Å²) in [5.74, 6) is 0.0459. The van der Waals surface area contributed by atoms with Crippen molar-refractivity contribution in [3.05, 3.63) is 65.1 Å². The molecule has 9 heteroatoms. The first-order valence-corrected chi connectivity index (χ1v) is 14.6. The Balaban J connectivity index is 1.85. The number of fused-ring (bicyclic) bond motifs is 1. The van der Waals surface area contributed by atoms with E-state index >= 15 is 0 Å². The molecule has 1 amide bonds. The molecule has 1 aromatic carbocycles. The Morgan fingerprint density at radius 3 is 2.51 bits per heavy atom. The number of aromatic nitrogens is 2. The highest BCUT2D eigenvalue weighted by molar-refractivity contribution is 6.46. The minimum absolute atomic E-state index is 0.0409. The van der Waals surface area contributed by atoms with E-state index in [0.29, 0.717) is 66.3 Å². The number of likely N-dealkylation sites (N-methyl/N-ethyl adjacent to an activating group) is 1. The van der Waals surface area contributed by atoms with Gasteiger partial charge in [-0.15, -0.1) is 0 Å². The fourth-order valence-electron chi connectivity index (χ4n) is 5.26. The van der Waals surface area contributed by atoms with Crippen LogP contribution in [0, 0.1) is 12.8 Å². The number of Topliss-reactive ketones (excluding diaryl/α,β-unsaturated/α-hetero) is 1. The molecule has 4 rings (SSSR count). The van der Waals surface area contributed by atoms with Gasteiger partial charge in [-0.3, -0.25) is 14.0 Å². The number of aliphatic hydroxyl groups is 1. The Morgan fingerprint density at radius 2 is 1.83 bits per heavy atom. The summed E-state index contributed by atoms with van der Waals surface area (Å²) in [7, 11) is 0. The molecular weight excluding hydrogens is 520 g/mol. The molecule has 41 heavy (non-hydrogen) atoms. The number of imidazole rings is 1. The monoisotopic (exact) mass is 562 g/mol. The molecule has 0 aliphatic carbocycles. The van der Waals surface area contributed by atoms with Crippen LogP contribution in [0.4, 0.5) is 0 Å². The van der Waals surface area contributed by atoms with Crippen LogP contribution in [0.2, 0.25) is 0 Å². The number of nitrogens with zero attached hydrogens (tertiary/aromatic N) is 4. The second-order valence-electron chi connectivity index (χ2n) is 10.7. The standard InChI is InChI=1S/C32H42N4O5/c1-7-34(8-2)17-18-36-29(23-13-14-24(25(20-23)40-9-3)41-19-15-21(4)5)27(31(38)32(36)39)30(37)28-22(6)33-26-12-10-11-16-35(26)28/h10-14,16,20-21,29,37H,7-9,15,17-19H2,1-6H3/b30-27+. The van der Waals surface area contributed by atoms with Gasteiger partial charge in [0.05, 0.1) is 30.5 Å². The topological polar surface area (TPSA) is 96.6 Å². The van der Waals surface area contributed by atoms with Gasteiger partial charge >= 0.3 is 0 Å². The molecule has 0 radical (unpaired) electrons. The molecule has 0 saturated carbocycles. The molecule has 1 N–H and O–H groups in total. The normalized spacial score (nSPS) is 16.9. The van der Waals surface area contributed by atoms with Crippen LogP contribution in [0.3, 0.4) is 0 Å². The highest BCUT2D eigenvalue weighted by Gasteiger charge is 2.46. The Labute approximate surface area is 242 Å². The molecule has 1 unspecified atom stereocenters. The van der Waals surface area contributed by atoms with Gasteiger partial charge in [0.25, 0.3) is 11.7 Å². The maximum absolute atomic E-state index is 13.6. The molecule has 3 aromatic rings. The summed E-state index contributed by atoms with van der Waals surface area (Å²) in [5.41, 5.74) is 2.30. The van der Waals surface area contributed by atoms with E-state index in [4.69, 9.17) is 9.47 Å². The summed E-state index contributed by atoms with van der Waals surface area (Å²) in [6, 6.07) is 10.2. The number of carbonyl (C=O) groups is 2. The molecule has 1 aliphatic heterocycles. The van der Waals surface area contributed by atoms with Crippen LogP contribution in [-0.4, -0.2) is 75.4 Å². The minimum atomic E-state index is -0.803. The largest absolute Gasteiger partial charge is 0.505 e. The Morgan fingerprint density at radius 1 is 1.07 bits per heavy atom. The number of aliphatic hydroxyl groups excluding tert-OH is 1. The van der Waals surface area contributed by atoms with Crippen LogP contribution in [0.25, 0.3) is 11.4 Å². The number of ketones is 1. The number of likely N-dealkylation sites (tertiary alicyclic amines) is 1. The van der Waals surface area contributed by atoms with Gasteiger partial charge in [0.1, 0.15) is 11.3 Å². The second-order valence-corrected chi connectivity index (χ2v) is 10.7. The summed E-state index contributed by atoms with van der Waals surface area (Å²) >= 11 is 0. The Bertz CT molecular complexity index is 1420. The van der Waals surface area contributed by atoms with Crippen molar-refractivity contribution < 1.29 is 24.2 Å². The van der Waals surface area contributed by atoms with Gasteiger partial charge in [-0.2, -0.15) is 0 Å². The lowest BCUT2D eigenvalue weighted by atomic mass is 9.96. The third-order valence-electron chi connectivity index (χ3n) is 7.56. The molecule has 0 bridgehead atoms. The number of rotatable bonds is 13. The predicted octanol–water partition coefficient (Wildman–Crippen LogP) is 5.23. The molecular formula is C32H42N4O5. The zero-order chi connectivity index (χ0) is 29.7. The summed E-state index contributed by atoms with van der Waals surface area (Å²) in [6.45, 7) is 15.6. The second kappa shape index (κ2) is 13.2. The minimum Gasteiger partial charge on any atom is -0.505 e. The van der Waals surface area contributed by atoms with Crippen molar-refractivity contribution in [2.45, 2.75) is 54.0 Å². The highest BCUT2D eigenvalue weighted by Crippen LogP contribution is 2.42. The van der Waals surface area contributed by atoms with Gasteiger partial charge in [-0.05, 0) is 69.1 Å². The predicted molar refractivity (Wildman–Crippen MR) is 159 cm³/mol. The van der Waals surface area contributed by atoms with E-state index in [0.717, 1.165) is 19.5 Å². The van der Waals surface area contributed by atoms with Crippen LogP contribution in [0.1, 0.15) is 64.0 Å². The summed E-state index contributed by atoms with van der Waals surface area (Å²) in [6.07, 6.45) is 2.68. The third-order valence-corrected chi connectivity index (χ3v) is 7.56. The summed E-state index contributed by atoms with van der Waals surface area (Å²) < 4.78 is 13.7. The zero-order valence-corrected chi connectivity index (χ0v) is 25.0. The molecule has 0 spiro atoms. The van der Waals surface area contributed by atoms with Crippen molar-refractivity contribution in [3.8, 4) is 11.5 Å². The quantitative estimate of drug-likeness (QED) is 0.173. The number of hydrogen-bond donors (Lipinski definition) is 1. The zero-order valence-electron chi connectivity index (χ0n) is 25.0. The number of ether oxygens (including phenoxy) is 2. The molecule has 1 saturated heterocycles. The van der Waals surface area contributed by atoms with Gasteiger partial charge in [0.15, 0.2) is 17.3 Å². The maximum Gasteiger partial charge on any atom is 0.295 e. The summed E-state index contributed by atoms with van der Waals surface area (Å²) in [5, 5.41) is 11.7. The molecule has 3 heterocycles. The Kier molecular flexibility index (Phi) is 9.70. The lowest BCUT2D eigenvalue weighted by molar-refractivity contribution is -0.140. The van der Waals surface area contributed by atoms with Crippen LogP contribution < -0.4 is 9.47 Å². The molecule has 1 aliphatic rings. The van der Waals surface area contributed by atoms with Gasteiger partial charge in [0.2, 0.25) is 0 Å². The molecule has 2 aromatic heterocycles. The van der Waals surface area contributed by atoms with Gasteiger partial charge in [-0.25, -0.2) is 4.98 Å². The fourth-order valence-corrected chi connectivity index (χ4v) is 5.26.